The van der Waals surface area contributed by atoms with E-state index < -0.39 is 10.1 Å². The first-order chi connectivity index (χ1) is 9.54. The average molecular weight is 317 g/mol. The second kappa shape index (κ2) is 5.54. The summed E-state index contributed by atoms with van der Waals surface area (Å²) < 4.78 is 30.5. The highest BCUT2D eigenvalue weighted by Gasteiger charge is 2.64. The molecule has 0 aromatic rings. The molecular weight excluding hydrogens is 290 g/mol. The number of fused-ring (bicyclic) bond motifs is 1. The summed E-state index contributed by atoms with van der Waals surface area (Å²) in [6.07, 6.45) is 2.30. The topological polar surface area (TPSA) is 83.5 Å². The number of hydrogen-bond acceptors (Lipinski definition) is 3. The highest BCUT2D eigenvalue weighted by atomic mass is 32.2. The molecule has 0 aromatic heterocycles. The summed E-state index contributed by atoms with van der Waals surface area (Å²) in [7, 11) is -3.98. The highest BCUT2D eigenvalue weighted by molar-refractivity contribution is 7.85. The van der Waals surface area contributed by atoms with Crippen molar-refractivity contribution in [2.45, 2.75) is 40.5 Å². The molecule has 0 heterocycles. The molecule has 5 unspecified atom stereocenters. The van der Waals surface area contributed by atoms with Gasteiger partial charge in [-0.25, -0.2) is 0 Å². The van der Waals surface area contributed by atoms with Crippen LogP contribution >= 0.6 is 0 Å². The van der Waals surface area contributed by atoms with Gasteiger partial charge in [0.25, 0.3) is 10.1 Å². The Morgan fingerprint density at radius 1 is 1.38 bits per heavy atom. The van der Waals surface area contributed by atoms with Crippen molar-refractivity contribution < 1.29 is 17.8 Å². The van der Waals surface area contributed by atoms with E-state index in [1.807, 2.05) is 0 Å². The van der Waals surface area contributed by atoms with E-state index in [0.717, 1.165) is 6.42 Å². The fourth-order valence-electron chi connectivity index (χ4n) is 4.26. The molecule has 0 radical (unpaired) electrons. The Morgan fingerprint density at radius 2 is 2.00 bits per heavy atom. The van der Waals surface area contributed by atoms with E-state index in [1.165, 1.54) is 6.42 Å². The minimum Gasteiger partial charge on any atom is -0.356 e. The van der Waals surface area contributed by atoms with Crippen LogP contribution in [0.15, 0.2) is 0 Å². The van der Waals surface area contributed by atoms with E-state index in [2.05, 4.69) is 26.1 Å². The summed E-state index contributed by atoms with van der Waals surface area (Å²) in [5.41, 5.74) is 0.257. The molecule has 2 N–H and O–H groups in total. The third kappa shape index (κ3) is 3.59. The molecule has 5 atom stereocenters. The minimum atomic E-state index is -3.98. The van der Waals surface area contributed by atoms with Crippen LogP contribution in [0.5, 0.6) is 0 Å². The number of carbonyl (C=O) groups excluding carboxylic acids is 1. The van der Waals surface area contributed by atoms with E-state index in [9.17, 15) is 13.2 Å². The molecule has 0 bridgehead atoms. The van der Waals surface area contributed by atoms with Crippen molar-refractivity contribution in [2.75, 3.05) is 12.3 Å². The van der Waals surface area contributed by atoms with Crippen LogP contribution in [0.3, 0.4) is 0 Å². The number of rotatable bonds is 5. The Morgan fingerprint density at radius 3 is 2.57 bits per heavy atom. The van der Waals surface area contributed by atoms with Gasteiger partial charge < -0.3 is 5.32 Å². The molecule has 0 saturated heterocycles. The van der Waals surface area contributed by atoms with Crippen molar-refractivity contribution >= 4 is 16.0 Å². The SMILES string of the molecule is CC(CNC(=O)C1C(C)CCC2C1C2(C)C)CS(=O)(=O)O. The van der Waals surface area contributed by atoms with Gasteiger partial charge in [0.1, 0.15) is 0 Å². The maximum atomic E-state index is 12.5. The van der Waals surface area contributed by atoms with Crippen molar-refractivity contribution in [1.29, 1.82) is 0 Å². The molecule has 2 aliphatic carbocycles. The lowest BCUT2D eigenvalue weighted by atomic mass is 9.79. The van der Waals surface area contributed by atoms with Crippen molar-refractivity contribution in [1.82, 2.24) is 5.32 Å². The standard InChI is InChI=1S/C15H27NO4S/c1-9(8-21(18,19)20)7-16-14(17)12-10(2)5-6-11-13(12)15(11,3)4/h9-13H,5-8H2,1-4H3,(H,16,17)(H,18,19,20). The van der Waals surface area contributed by atoms with Crippen molar-refractivity contribution in [3.8, 4) is 0 Å². The first-order valence-electron chi connectivity index (χ1n) is 7.77. The third-order valence-corrected chi connectivity index (χ3v) is 6.49. The lowest BCUT2D eigenvalue weighted by molar-refractivity contribution is -0.128. The summed E-state index contributed by atoms with van der Waals surface area (Å²) >= 11 is 0. The zero-order chi connectivity index (χ0) is 16.0. The van der Waals surface area contributed by atoms with Crippen LogP contribution in [0, 0.1) is 35.0 Å². The largest absolute Gasteiger partial charge is 0.356 e. The zero-order valence-electron chi connectivity index (χ0n) is 13.3. The molecule has 21 heavy (non-hydrogen) atoms. The van der Waals surface area contributed by atoms with Crippen molar-refractivity contribution in [3.63, 3.8) is 0 Å². The van der Waals surface area contributed by atoms with Gasteiger partial charge >= 0.3 is 0 Å². The van der Waals surface area contributed by atoms with Crippen LogP contribution in [-0.2, 0) is 14.9 Å². The van der Waals surface area contributed by atoms with Crippen molar-refractivity contribution in [3.05, 3.63) is 0 Å². The van der Waals surface area contributed by atoms with Crippen LogP contribution in [0.2, 0.25) is 0 Å². The maximum absolute atomic E-state index is 12.5. The van der Waals surface area contributed by atoms with E-state index in [0.29, 0.717) is 24.3 Å². The van der Waals surface area contributed by atoms with Gasteiger partial charge in [0.05, 0.1) is 5.75 Å². The fraction of sp³-hybridized carbons (Fsp3) is 0.933. The first kappa shape index (κ1) is 16.7. The van der Waals surface area contributed by atoms with Gasteiger partial charge in [-0.3, -0.25) is 9.35 Å². The molecule has 1 amide bonds. The predicted octanol–water partition coefficient (Wildman–Crippen LogP) is 1.94. The highest BCUT2D eigenvalue weighted by Crippen LogP contribution is 2.67. The predicted molar refractivity (Wildman–Crippen MR) is 81.2 cm³/mol. The van der Waals surface area contributed by atoms with E-state index in [-0.39, 0.29) is 28.9 Å². The number of nitrogens with one attached hydrogen (secondary N) is 1. The van der Waals surface area contributed by atoms with E-state index in [1.54, 1.807) is 6.92 Å². The zero-order valence-corrected chi connectivity index (χ0v) is 14.1. The Kier molecular flexibility index (Phi) is 4.42. The number of carbonyl (C=O) groups is 1. The fourth-order valence-corrected chi connectivity index (χ4v) is 5.10. The molecule has 0 aliphatic heterocycles. The van der Waals surface area contributed by atoms with Crippen LogP contribution in [0.1, 0.15) is 40.5 Å². The summed E-state index contributed by atoms with van der Waals surface area (Å²) in [6.45, 7) is 8.61. The molecule has 2 saturated carbocycles. The first-order valence-corrected chi connectivity index (χ1v) is 9.38. The van der Waals surface area contributed by atoms with Gasteiger partial charge in [-0.1, -0.05) is 27.7 Å². The Hall–Kier alpha value is -0.620. The van der Waals surface area contributed by atoms with E-state index >= 15 is 0 Å². The Labute approximate surface area is 127 Å². The molecule has 6 heteroatoms. The third-order valence-electron chi connectivity index (χ3n) is 5.49. The van der Waals surface area contributed by atoms with Crippen molar-refractivity contribution in [2.24, 2.45) is 35.0 Å². The summed E-state index contributed by atoms with van der Waals surface area (Å²) in [5.74, 6) is 0.973. The molecule has 2 fully saturated rings. The molecule has 0 spiro atoms. The Bertz CT molecular complexity index is 514. The minimum absolute atomic E-state index is 0.0386. The second-order valence-corrected chi connectivity index (χ2v) is 9.13. The molecule has 5 nitrogen and oxygen atoms in total. The molecule has 2 aliphatic rings. The smallest absolute Gasteiger partial charge is 0.265 e. The lowest BCUT2D eigenvalue weighted by Crippen LogP contribution is -2.40. The molecular formula is C15H27NO4S. The summed E-state index contributed by atoms with van der Waals surface area (Å²) in [4.78, 5) is 12.5. The van der Waals surface area contributed by atoms with E-state index in [4.69, 9.17) is 4.55 Å². The Balaban J connectivity index is 1.91. The van der Waals surface area contributed by atoms with Crippen LogP contribution in [-0.4, -0.2) is 31.2 Å². The lowest BCUT2D eigenvalue weighted by Gasteiger charge is -2.28. The van der Waals surface area contributed by atoms with Gasteiger partial charge in [-0.05, 0) is 41.9 Å². The van der Waals surface area contributed by atoms with Gasteiger partial charge in [-0.2, -0.15) is 8.42 Å². The van der Waals surface area contributed by atoms with Gasteiger partial charge in [0.2, 0.25) is 5.91 Å². The molecule has 0 aromatic carbocycles. The van der Waals surface area contributed by atoms with Crippen LogP contribution in [0.25, 0.3) is 0 Å². The van der Waals surface area contributed by atoms with Gasteiger partial charge in [-0.15, -0.1) is 0 Å². The molecule has 2 rings (SSSR count). The number of hydrogen-bond donors (Lipinski definition) is 2. The maximum Gasteiger partial charge on any atom is 0.265 e. The monoisotopic (exact) mass is 317 g/mol. The van der Waals surface area contributed by atoms with Crippen LogP contribution in [0.4, 0.5) is 0 Å². The van der Waals surface area contributed by atoms with Gasteiger partial charge in [0.15, 0.2) is 0 Å². The second-order valence-electron chi connectivity index (χ2n) is 7.63. The van der Waals surface area contributed by atoms with Gasteiger partial charge in [0, 0.05) is 12.5 Å². The molecule has 122 valence electrons. The summed E-state index contributed by atoms with van der Waals surface area (Å²) in [6, 6.07) is 0. The van der Waals surface area contributed by atoms with Crippen LogP contribution < -0.4 is 5.32 Å². The summed E-state index contributed by atoms with van der Waals surface area (Å²) in [5, 5.41) is 2.89. The average Bonchev–Trinajstić information content (AvgIpc) is 2.86. The number of amides is 1. The normalized spacial score (nSPS) is 35.7. The quantitative estimate of drug-likeness (QED) is 0.759.